The van der Waals surface area contributed by atoms with Crippen LogP contribution < -0.4 is 0 Å². The Bertz CT molecular complexity index is 472. The average Bonchev–Trinajstić information content (AvgIpc) is 2.42. The van der Waals surface area contributed by atoms with Crippen molar-refractivity contribution in [3.63, 3.8) is 0 Å². The fourth-order valence-electron chi connectivity index (χ4n) is 2.73. The van der Waals surface area contributed by atoms with Crippen molar-refractivity contribution >= 4 is 6.29 Å². The van der Waals surface area contributed by atoms with Crippen LogP contribution >= 0.6 is 0 Å². The largest absolute Gasteiger partial charge is 0.302 e. The number of rotatable bonds is 2. The van der Waals surface area contributed by atoms with Gasteiger partial charge >= 0.3 is 0 Å². The predicted octanol–water partition coefficient (Wildman–Crippen LogP) is 5.80. The van der Waals surface area contributed by atoms with E-state index in [4.69, 9.17) is 0 Å². The molecule has 0 fully saturated rings. The lowest BCUT2D eigenvalue weighted by molar-refractivity contribution is -0.109. The highest BCUT2D eigenvalue weighted by Gasteiger charge is 2.17. The van der Waals surface area contributed by atoms with Gasteiger partial charge in [-0.1, -0.05) is 60.4 Å². The number of hydrogen-bond donors (Lipinski definition) is 0. The zero-order chi connectivity index (χ0) is 15.8. The van der Waals surface area contributed by atoms with Gasteiger partial charge in [-0.3, -0.25) is 0 Å². The summed E-state index contributed by atoms with van der Waals surface area (Å²) in [6.07, 6.45) is 14.4. The van der Waals surface area contributed by atoms with E-state index in [1.165, 1.54) is 22.3 Å². The Morgan fingerprint density at radius 1 is 1.00 bits per heavy atom. The summed E-state index contributed by atoms with van der Waals surface area (Å²) in [6.45, 7) is 10.8. The molecule has 0 spiro atoms. The molecule has 0 aromatic heterocycles. The second-order valence-corrected chi connectivity index (χ2v) is 6.52. The summed E-state index contributed by atoms with van der Waals surface area (Å²) in [6, 6.07) is 0. The molecule has 1 aliphatic rings. The van der Waals surface area contributed by atoms with Crippen molar-refractivity contribution in [2.24, 2.45) is 11.8 Å². The highest BCUT2D eigenvalue weighted by atomic mass is 16.1. The van der Waals surface area contributed by atoms with Crippen LogP contribution in [0, 0.1) is 11.8 Å². The summed E-state index contributed by atoms with van der Waals surface area (Å²) < 4.78 is 0. The molecule has 0 bridgehead atoms. The normalized spacial score (nSPS) is 32.0. The zero-order valence-electron chi connectivity index (χ0n) is 14.3. The third kappa shape index (κ3) is 5.87. The fraction of sp³-hybridized carbons (Fsp3) is 0.550. The summed E-state index contributed by atoms with van der Waals surface area (Å²) in [4.78, 5) is 11.6. The van der Waals surface area contributed by atoms with Crippen molar-refractivity contribution in [1.82, 2.24) is 0 Å². The van der Waals surface area contributed by atoms with Crippen LogP contribution in [-0.4, -0.2) is 6.29 Å². The van der Waals surface area contributed by atoms with Crippen molar-refractivity contribution in [3.05, 3.63) is 46.6 Å². The first-order valence-corrected chi connectivity index (χ1v) is 8.10. The van der Waals surface area contributed by atoms with Gasteiger partial charge in [0.1, 0.15) is 6.29 Å². The van der Waals surface area contributed by atoms with Gasteiger partial charge in [-0.2, -0.15) is 0 Å². The summed E-state index contributed by atoms with van der Waals surface area (Å²) in [5, 5.41) is 0. The third-order valence-electron chi connectivity index (χ3n) is 4.25. The first kappa shape index (κ1) is 17.7. The van der Waals surface area contributed by atoms with Crippen molar-refractivity contribution in [2.45, 2.75) is 60.3 Å². The molecule has 1 unspecified atom stereocenters. The van der Waals surface area contributed by atoms with Gasteiger partial charge in [0.25, 0.3) is 0 Å². The molecule has 0 saturated heterocycles. The SMILES string of the molecule is C/C1=C\C=C(\C(C)C)C(C=O)/C(C)=C/CC/C(C)=C/CC1. The molecule has 0 aliphatic heterocycles. The molecular formula is C20H30O. The van der Waals surface area contributed by atoms with Crippen LogP contribution in [0.1, 0.15) is 60.3 Å². The number of allylic oxidation sites excluding steroid dienone is 8. The molecule has 21 heavy (non-hydrogen) atoms. The van der Waals surface area contributed by atoms with Crippen LogP contribution in [-0.2, 0) is 4.79 Å². The summed E-state index contributed by atoms with van der Waals surface area (Å²) in [7, 11) is 0. The highest BCUT2D eigenvalue weighted by Crippen LogP contribution is 2.26. The van der Waals surface area contributed by atoms with E-state index in [-0.39, 0.29) is 5.92 Å². The van der Waals surface area contributed by atoms with E-state index in [0.29, 0.717) is 5.92 Å². The summed E-state index contributed by atoms with van der Waals surface area (Å²) >= 11 is 0. The minimum Gasteiger partial charge on any atom is -0.302 e. The Kier molecular flexibility index (Phi) is 7.42. The second kappa shape index (κ2) is 8.81. The minimum atomic E-state index is -0.0703. The fourth-order valence-corrected chi connectivity index (χ4v) is 2.73. The highest BCUT2D eigenvalue weighted by molar-refractivity contribution is 5.64. The monoisotopic (exact) mass is 286 g/mol. The van der Waals surface area contributed by atoms with Crippen LogP contribution in [0.4, 0.5) is 0 Å². The van der Waals surface area contributed by atoms with Gasteiger partial charge in [0.2, 0.25) is 0 Å². The molecule has 0 heterocycles. The summed E-state index contributed by atoms with van der Waals surface area (Å²) in [5.41, 5.74) is 5.23. The maximum atomic E-state index is 11.6. The molecule has 0 aromatic rings. The van der Waals surface area contributed by atoms with Crippen molar-refractivity contribution in [1.29, 1.82) is 0 Å². The summed E-state index contributed by atoms with van der Waals surface area (Å²) in [5.74, 6) is 0.316. The van der Waals surface area contributed by atoms with Gasteiger partial charge in [-0.15, -0.1) is 0 Å². The number of aldehydes is 1. The average molecular weight is 286 g/mol. The van der Waals surface area contributed by atoms with E-state index < -0.39 is 0 Å². The van der Waals surface area contributed by atoms with Crippen molar-refractivity contribution < 1.29 is 4.79 Å². The third-order valence-corrected chi connectivity index (χ3v) is 4.25. The lowest BCUT2D eigenvalue weighted by Gasteiger charge is -2.19. The Labute approximate surface area is 130 Å². The van der Waals surface area contributed by atoms with Gasteiger partial charge in [-0.25, -0.2) is 0 Å². The van der Waals surface area contributed by atoms with E-state index in [1.807, 2.05) is 0 Å². The topological polar surface area (TPSA) is 17.1 Å². The Balaban J connectivity index is 3.17. The van der Waals surface area contributed by atoms with Crippen LogP contribution in [0.2, 0.25) is 0 Å². The van der Waals surface area contributed by atoms with Gasteiger partial charge in [0.15, 0.2) is 0 Å². The number of carbonyl (C=O) groups is 1. The zero-order valence-corrected chi connectivity index (χ0v) is 14.3. The van der Waals surface area contributed by atoms with Crippen LogP contribution in [0.15, 0.2) is 46.6 Å². The van der Waals surface area contributed by atoms with Crippen molar-refractivity contribution in [2.75, 3.05) is 0 Å². The Morgan fingerprint density at radius 3 is 2.24 bits per heavy atom. The van der Waals surface area contributed by atoms with Gasteiger partial charge in [0.05, 0.1) is 5.92 Å². The second-order valence-electron chi connectivity index (χ2n) is 6.52. The smallest absolute Gasteiger partial charge is 0.131 e. The van der Waals surface area contributed by atoms with Gasteiger partial charge < -0.3 is 4.79 Å². The maximum absolute atomic E-state index is 11.6. The molecule has 1 heteroatoms. The first-order chi connectivity index (χ1) is 9.95. The molecule has 1 rings (SSSR count). The molecule has 1 nitrogen and oxygen atoms in total. The quantitative estimate of drug-likeness (QED) is 0.463. The van der Waals surface area contributed by atoms with Crippen LogP contribution in [0.25, 0.3) is 0 Å². The molecule has 0 N–H and O–H groups in total. The van der Waals surface area contributed by atoms with Gasteiger partial charge in [-0.05, 0) is 52.4 Å². The Morgan fingerprint density at radius 2 is 1.62 bits per heavy atom. The molecule has 0 amide bonds. The minimum absolute atomic E-state index is 0.0703. The van der Waals surface area contributed by atoms with E-state index in [9.17, 15) is 4.79 Å². The standard InChI is InChI=1S/C20H30O/c1-15(2)19-13-12-17(4)9-6-8-16(3)10-7-11-18(5)20(19)14-21/h8,11-15,20H,6-7,9-10H2,1-5H3/b16-8+,17-12+,18-11+,19-13-. The van der Waals surface area contributed by atoms with E-state index in [0.717, 1.165) is 32.0 Å². The molecule has 1 aliphatic carbocycles. The molecule has 0 aromatic carbocycles. The Hall–Kier alpha value is -1.37. The van der Waals surface area contributed by atoms with E-state index in [1.54, 1.807) is 0 Å². The van der Waals surface area contributed by atoms with Gasteiger partial charge in [0, 0.05) is 0 Å². The molecule has 0 saturated carbocycles. The molecule has 1 atom stereocenters. The van der Waals surface area contributed by atoms with Crippen molar-refractivity contribution in [3.8, 4) is 0 Å². The van der Waals surface area contributed by atoms with Crippen LogP contribution in [0.3, 0.4) is 0 Å². The molecule has 116 valence electrons. The molecule has 0 radical (unpaired) electrons. The number of hydrogen-bond acceptors (Lipinski definition) is 1. The number of carbonyl (C=O) groups excluding carboxylic acids is 1. The first-order valence-electron chi connectivity index (χ1n) is 8.10. The molecular weight excluding hydrogens is 256 g/mol. The lowest BCUT2D eigenvalue weighted by atomic mass is 9.85. The maximum Gasteiger partial charge on any atom is 0.131 e. The van der Waals surface area contributed by atoms with E-state index >= 15 is 0 Å². The van der Waals surface area contributed by atoms with Crippen LogP contribution in [0.5, 0.6) is 0 Å². The predicted molar refractivity (Wildman–Crippen MR) is 92.2 cm³/mol. The van der Waals surface area contributed by atoms with E-state index in [2.05, 4.69) is 58.9 Å². The lowest BCUT2D eigenvalue weighted by Crippen LogP contribution is -2.12.